The van der Waals surface area contributed by atoms with Crippen LogP contribution in [0.2, 0.25) is 0 Å². The highest BCUT2D eigenvalue weighted by atomic mass is 32.2. The minimum absolute atomic E-state index is 0.0934. The van der Waals surface area contributed by atoms with Crippen LogP contribution in [0.4, 0.5) is 0 Å². The first-order valence-corrected chi connectivity index (χ1v) is 8.57. The molecule has 1 saturated heterocycles. The van der Waals surface area contributed by atoms with Gasteiger partial charge in [0.25, 0.3) is 0 Å². The summed E-state index contributed by atoms with van der Waals surface area (Å²) in [5, 5.41) is 9.23. The highest BCUT2D eigenvalue weighted by Gasteiger charge is 2.47. The predicted octanol–water partition coefficient (Wildman–Crippen LogP) is 0.275. The van der Waals surface area contributed by atoms with Gasteiger partial charge in [-0.05, 0) is 25.2 Å². The van der Waals surface area contributed by atoms with Crippen LogP contribution in [0.1, 0.15) is 32.1 Å². The van der Waals surface area contributed by atoms with Crippen LogP contribution in [0, 0.1) is 5.92 Å². The fraction of sp³-hybridized carbons (Fsp3) is 0.833. The van der Waals surface area contributed by atoms with E-state index < -0.39 is 33.5 Å². The van der Waals surface area contributed by atoms with Gasteiger partial charge in [-0.25, -0.2) is 13.2 Å². The molecule has 0 aromatic heterocycles. The van der Waals surface area contributed by atoms with Crippen molar-refractivity contribution in [3.63, 3.8) is 0 Å². The van der Waals surface area contributed by atoms with Crippen LogP contribution >= 0.6 is 0 Å². The molecule has 6 nitrogen and oxygen atoms in total. The maximum absolute atomic E-state index is 12.1. The molecule has 0 aromatic rings. The second-order valence-electron chi connectivity index (χ2n) is 5.57. The van der Waals surface area contributed by atoms with Crippen molar-refractivity contribution in [2.75, 3.05) is 12.0 Å². The zero-order valence-corrected chi connectivity index (χ0v) is 11.7. The summed E-state index contributed by atoms with van der Waals surface area (Å²) in [6.45, 7) is 0. The van der Waals surface area contributed by atoms with Gasteiger partial charge in [-0.1, -0.05) is 12.8 Å². The van der Waals surface area contributed by atoms with Gasteiger partial charge in [-0.2, -0.15) is 0 Å². The normalized spacial score (nSPS) is 31.0. The Hall–Kier alpha value is -1.11. The van der Waals surface area contributed by atoms with E-state index >= 15 is 0 Å². The molecule has 2 rings (SSSR count). The molecule has 19 heavy (non-hydrogen) atoms. The Labute approximate surface area is 112 Å². The van der Waals surface area contributed by atoms with E-state index in [0.717, 1.165) is 31.9 Å². The zero-order chi connectivity index (χ0) is 14.2. The Morgan fingerprint density at radius 1 is 1.26 bits per heavy atom. The molecule has 0 bridgehead atoms. The van der Waals surface area contributed by atoms with Crippen LogP contribution in [0.15, 0.2) is 0 Å². The van der Waals surface area contributed by atoms with Gasteiger partial charge in [0, 0.05) is 12.3 Å². The molecular formula is C12H19NO5S. The summed E-state index contributed by atoms with van der Waals surface area (Å²) in [4.78, 5) is 24.7. The first-order chi connectivity index (χ1) is 8.79. The standard InChI is InChI=1S/C12H19NO5S/c1-19(17,18)7-11(14)13-9-5-3-2-4-8(9)6-10(13)12(15)16/h8-10H,2-7H2,1H3,(H,15,16). The van der Waals surface area contributed by atoms with Gasteiger partial charge in [0.1, 0.15) is 11.8 Å². The maximum atomic E-state index is 12.1. The number of hydrogen-bond acceptors (Lipinski definition) is 4. The molecule has 1 aliphatic heterocycles. The molecule has 1 heterocycles. The number of carbonyl (C=O) groups excluding carboxylic acids is 1. The molecule has 1 N–H and O–H groups in total. The second-order valence-corrected chi connectivity index (χ2v) is 7.71. The Morgan fingerprint density at radius 2 is 1.89 bits per heavy atom. The minimum atomic E-state index is -3.43. The molecule has 1 saturated carbocycles. The summed E-state index contributed by atoms with van der Waals surface area (Å²) in [6, 6.07) is -0.952. The average Bonchev–Trinajstić information content (AvgIpc) is 2.65. The molecule has 7 heteroatoms. The number of rotatable bonds is 3. The maximum Gasteiger partial charge on any atom is 0.326 e. The fourth-order valence-electron chi connectivity index (χ4n) is 3.34. The number of carbonyl (C=O) groups is 2. The molecule has 108 valence electrons. The van der Waals surface area contributed by atoms with Gasteiger partial charge in [0.2, 0.25) is 5.91 Å². The van der Waals surface area contributed by atoms with Crippen molar-refractivity contribution in [2.45, 2.75) is 44.2 Å². The van der Waals surface area contributed by atoms with Gasteiger partial charge in [-0.15, -0.1) is 0 Å². The Kier molecular flexibility index (Phi) is 3.85. The van der Waals surface area contributed by atoms with Crippen LogP contribution in [0.5, 0.6) is 0 Å². The van der Waals surface area contributed by atoms with Crippen molar-refractivity contribution in [1.29, 1.82) is 0 Å². The number of carboxylic acid groups (broad SMARTS) is 1. The third-order valence-corrected chi connectivity index (χ3v) is 4.82. The van der Waals surface area contributed by atoms with E-state index in [1.165, 1.54) is 4.90 Å². The Bertz CT molecular complexity index is 486. The van der Waals surface area contributed by atoms with Gasteiger partial charge in [-0.3, -0.25) is 4.79 Å². The van der Waals surface area contributed by atoms with Crippen LogP contribution in [0.3, 0.4) is 0 Å². The summed E-state index contributed by atoms with van der Waals surface area (Å²) in [7, 11) is -3.43. The lowest BCUT2D eigenvalue weighted by molar-refractivity contribution is -0.148. The van der Waals surface area contributed by atoms with Crippen molar-refractivity contribution in [3.8, 4) is 0 Å². The van der Waals surface area contributed by atoms with Gasteiger partial charge in [0.15, 0.2) is 9.84 Å². The highest BCUT2D eigenvalue weighted by Crippen LogP contribution is 2.39. The first kappa shape index (κ1) is 14.3. The number of sulfone groups is 1. The molecule has 1 amide bonds. The van der Waals surface area contributed by atoms with Crippen molar-refractivity contribution in [3.05, 3.63) is 0 Å². The van der Waals surface area contributed by atoms with E-state index in [1.807, 2.05) is 0 Å². The summed E-state index contributed by atoms with van der Waals surface area (Å²) in [5.74, 6) is -1.99. The third-order valence-electron chi connectivity index (χ3n) is 4.05. The molecule has 1 aliphatic carbocycles. The highest BCUT2D eigenvalue weighted by molar-refractivity contribution is 7.91. The predicted molar refractivity (Wildman–Crippen MR) is 68.3 cm³/mol. The van der Waals surface area contributed by atoms with E-state index in [9.17, 15) is 23.1 Å². The number of hydrogen-bond donors (Lipinski definition) is 1. The monoisotopic (exact) mass is 289 g/mol. The van der Waals surface area contributed by atoms with Crippen LogP contribution in [0.25, 0.3) is 0 Å². The molecule has 0 aromatic carbocycles. The van der Waals surface area contributed by atoms with E-state index in [4.69, 9.17) is 0 Å². The fourth-order valence-corrected chi connectivity index (χ4v) is 3.94. The number of likely N-dealkylation sites (tertiary alicyclic amines) is 1. The zero-order valence-electron chi connectivity index (χ0n) is 10.9. The van der Waals surface area contributed by atoms with Crippen LogP contribution in [-0.4, -0.2) is 54.4 Å². The Morgan fingerprint density at radius 3 is 2.47 bits per heavy atom. The number of fused-ring (bicyclic) bond motifs is 1. The third kappa shape index (κ3) is 3.08. The SMILES string of the molecule is CS(=O)(=O)CC(=O)N1C(C(=O)O)CC2CCCCC21. The smallest absolute Gasteiger partial charge is 0.326 e. The number of carboxylic acids is 1. The molecule has 2 aliphatic rings. The summed E-state index contributed by atoms with van der Waals surface area (Å²) < 4.78 is 22.5. The van der Waals surface area contributed by atoms with E-state index in [0.29, 0.717) is 6.42 Å². The van der Waals surface area contributed by atoms with Crippen molar-refractivity contribution < 1.29 is 23.1 Å². The second kappa shape index (κ2) is 5.11. The topological polar surface area (TPSA) is 91.8 Å². The number of nitrogens with zero attached hydrogens (tertiary/aromatic N) is 1. The van der Waals surface area contributed by atoms with Crippen molar-refractivity contribution in [1.82, 2.24) is 4.90 Å². The number of amides is 1. The summed E-state index contributed by atoms with van der Waals surface area (Å²) in [6.07, 6.45) is 5.18. The summed E-state index contributed by atoms with van der Waals surface area (Å²) in [5.41, 5.74) is 0. The van der Waals surface area contributed by atoms with E-state index in [2.05, 4.69) is 0 Å². The largest absolute Gasteiger partial charge is 0.480 e. The quantitative estimate of drug-likeness (QED) is 0.805. The van der Waals surface area contributed by atoms with E-state index in [1.54, 1.807) is 0 Å². The molecule has 0 radical (unpaired) electrons. The van der Waals surface area contributed by atoms with Crippen molar-refractivity contribution >= 4 is 21.7 Å². The van der Waals surface area contributed by atoms with Gasteiger partial charge >= 0.3 is 5.97 Å². The molecule has 3 atom stereocenters. The summed E-state index contributed by atoms with van der Waals surface area (Å²) >= 11 is 0. The van der Waals surface area contributed by atoms with Gasteiger partial charge < -0.3 is 10.0 Å². The minimum Gasteiger partial charge on any atom is -0.480 e. The van der Waals surface area contributed by atoms with Crippen LogP contribution in [-0.2, 0) is 19.4 Å². The molecule has 2 fully saturated rings. The van der Waals surface area contributed by atoms with Gasteiger partial charge in [0.05, 0.1) is 0 Å². The average molecular weight is 289 g/mol. The molecular weight excluding hydrogens is 270 g/mol. The lowest BCUT2D eigenvalue weighted by Gasteiger charge is -2.32. The lowest BCUT2D eigenvalue weighted by Crippen LogP contribution is -2.48. The molecule has 3 unspecified atom stereocenters. The van der Waals surface area contributed by atoms with Crippen LogP contribution < -0.4 is 0 Å². The van der Waals surface area contributed by atoms with Crippen molar-refractivity contribution in [2.24, 2.45) is 5.92 Å². The number of aliphatic carboxylic acids is 1. The Balaban J connectivity index is 2.22. The first-order valence-electron chi connectivity index (χ1n) is 6.51. The van der Waals surface area contributed by atoms with E-state index in [-0.39, 0.29) is 12.0 Å². The lowest BCUT2D eigenvalue weighted by atomic mass is 9.85. The molecule has 0 spiro atoms.